The molecule has 15 rings (SSSR count). The summed E-state index contributed by atoms with van der Waals surface area (Å²) in [7, 11) is -11.1. The number of ether oxygens (including phenoxy) is 2. The second-order valence-corrected chi connectivity index (χ2v) is 35.0. The standard InChI is InChI=1S/C28H25FN2O4S.C24H17FN2O4S.C23H21BrFNO4S.C7H4BrFO2/c1-17-27(22-14-20(29)6-8-24(22)31(17)15-26(32)35-28(2,3)4)23-16-36(33,34)25-13-19(5-7-21(23)25)18-9-11-30-12-10-18;1-14-24(19-11-17(25)3-5-21(19)27(14)12-23(28)29)20-13-32(30,31)22-10-16(2-4-18(20)22)15-6-8-26-9-7-15;1-13-22(18-12-31(28,29)20-9-14(24)5-7-16(18)20)17-10-15(25)6-8-19(17)26(13)11-21(27)30-23(2,3)4;8-4-1-2-5(7(10)11)6(9)3-4/h5-14,16H,15H2,1-4H3;2-11,13H,12H2,1H3,(H,28,29);5-10,12H,11H2,1-4H3;1-3H,(H,10,11). The fourth-order valence-corrected chi connectivity index (χ4v) is 18.8. The molecule has 0 radical (unpaired) electrons. The fraction of sp³-hybridized carbons (Fsp3) is 0.171. The highest BCUT2D eigenvalue weighted by Gasteiger charge is 2.36. The molecule has 8 heterocycles. The van der Waals surface area contributed by atoms with Crippen molar-refractivity contribution in [1.82, 2.24) is 23.7 Å². The van der Waals surface area contributed by atoms with Gasteiger partial charge in [0.1, 0.15) is 54.1 Å². The van der Waals surface area contributed by atoms with Gasteiger partial charge in [-0.15, -0.1) is 0 Å². The third-order valence-corrected chi connectivity index (χ3v) is 23.6. The van der Waals surface area contributed by atoms with Crippen LogP contribution in [0.2, 0.25) is 0 Å². The molecule has 0 bridgehead atoms. The largest absolute Gasteiger partial charge is 0.480 e. The Hall–Kier alpha value is -10.9. The number of hydrogen-bond donors (Lipinski definition) is 2. The predicted molar refractivity (Wildman–Crippen MR) is 417 cm³/mol. The van der Waals surface area contributed by atoms with Gasteiger partial charge in [0, 0.05) is 150 Å². The van der Waals surface area contributed by atoms with Gasteiger partial charge in [-0.2, -0.15) is 0 Å². The molecule has 0 saturated carbocycles. The van der Waals surface area contributed by atoms with Gasteiger partial charge >= 0.3 is 23.9 Å². The van der Waals surface area contributed by atoms with Crippen molar-refractivity contribution in [1.29, 1.82) is 0 Å². The number of benzene rings is 7. The van der Waals surface area contributed by atoms with E-state index < -0.39 is 87.9 Å². The Bertz CT molecular complexity index is 6320. The summed E-state index contributed by atoms with van der Waals surface area (Å²) in [5.74, 6) is -5.28. The van der Waals surface area contributed by atoms with Gasteiger partial charge in [-0.05, 0) is 206 Å². The molecule has 3 aliphatic heterocycles. The van der Waals surface area contributed by atoms with Crippen LogP contribution in [0.3, 0.4) is 0 Å². The van der Waals surface area contributed by atoms with Crippen LogP contribution in [0.1, 0.15) is 102 Å². The Labute approximate surface area is 646 Å². The van der Waals surface area contributed by atoms with E-state index in [0.29, 0.717) is 109 Å². The number of carboxylic acids is 2. The lowest BCUT2D eigenvalue weighted by Gasteiger charge is -2.20. The zero-order valence-electron chi connectivity index (χ0n) is 60.1. The highest BCUT2D eigenvalue weighted by molar-refractivity contribution is 9.10. The lowest BCUT2D eigenvalue weighted by atomic mass is 9.95. The first-order valence-electron chi connectivity index (χ1n) is 33.7. The van der Waals surface area contributed by atoms with E-state index >= 15 is 0 Å². The minimum atomic E-state index is -3.74. The first-order valence-corrected chi connectivity index (χ1v) is 39.9. The van der Waals surface area contributed by atoms with Crippen LogP contribution in [0.4, 0.5) is 17.6 Å². The normalized spacial score (nSPS) is 14.2. The summed E-state index contributed by atoms with van der Waals surface area (Å²) in [5.41, 5.74) is 9.86. The Balaban J connectivity index is 0.000000144. The molecule has 0 aliphatic carbocycles. The van der Waals surface area contributed by atoms with E-state index in [1.54, 1.807) is 168 Å². The van der Waals surface area contributed by atoms with E-state index in [0.717, 1.165) is 28.3 Å². The van der Waals surface area contributed by atoms with Gasteiger partial charge in [0.2, 0.25) is 29.5 Å². The first kappa shape index (κ1) is 78.7. The zero-order valence-corrected chi connectivity index (χ0v) is 65.7. The molecule has 0 saturated heterocycles. The highest BCUT2D eigenvalue weighted by Crippen LogP contribution is 2.48. The van der Waals surface area contributed by atoms with Crippen LogP contribution in [-0.2, 0) is 73.0 Å². The van der Waals surface area contributed by atoms with Crippen molar-refractivity contribution in [2.24, 2.45) is 0 Å². The third-order valence-electron chi connectivity index (χ3n) is 18.1. The molecule has 564 valence electrons. The number of esters is 2. The first-order chi connectivity index (χ1) is 51.7. The van der Waals surface area contributed by atoms with Crippen LogP contribution in [0.5, 0.6) is 0 Å². The maximum absolute atomic E-state index is 14.4. The molecule has 0 spiro atoms. The second-order valence-electron chi connectivity index (χ2n) is 27.9. The summed E-state index contributed by atoms with van der Waals surface area (Å²) < 4.78 is 151. The number of sulfone groups is 3. The number of carbonyl (C=O) groups is 4. The number of aromatic nitrogens is 5. The molecule has 110 heavy (non-hydrogen) atoms. The molecule has 5 aromatic heterocycles. The van der Waals surface area contributed by atoms with Crippen LogP contribution in [0.15, 0.2) is 216 Å². The minimum absolute atomic E-state index is 0.0710. The summed E-state index contributed by atoms with van der Waals surface area (Å²) in [5, 5.41) is 22.9. The average molecular weight is 1680 g/mol. The summed E-state index contributed by atoms with van der Waals surface area (Å²) in [6.07, 6.45) is 6.57. The number of carboxylic acid groups (broad SMARTS) is 2. The van der Waals surface area contributed by atoms with Crippen molar-refractivity contribution >= 4 is 135 Å². The Morgan fingerprint density at radius 1 is 0.418 bits per heavy atom. The predicted octanol–water partition coefficient (Wildman–Crippen LogP) is 17.7. The van der Waals surface area contributed by atoms with Crippen LogP contribution in [0.25, 0.3) is 71.7 Å². The van der Waals surface area contributed by atoms with E-state index in [4.69, 9.17) is 14.6 Å². The molecule has 0 fully saturated rings. The number of aliphatic carboxylic acids is 1. The van der Waals surface area contributed by atoms with Crippen molar-refractivity contribution < 1.29 is 81.7 Å². The summed E-state index contributed by atoms with van der Waals surface area (Å²) in [6.45, 7) is 15.6. The number of aromatic carboxylic acids is 1. The quantitative estimate of drug-likeness (QED) is 0.0850. The lowest BCUT2D eigenvalue weighted by Crippen LogP contribution is -2.26. The average Bonchev–Trinajstić information content (AvgIpc) is 1.59. The third kappa shape index (κ3) is 16.2. The number of halogens is 6. The number of hydrogen-bond acceptors (Lipinski definition) is 14. The number of carbonyl (C=O) groups excluding carboxylic acids is 2. The molecule has 2 N–H and O–H groups in total. The topological polar surface area (TPSA) is 270 Å². The van der Waals surface area contributed by atoms with Gasteiger partial charge in [0.25, 0.3) is 0 Å². The maximum Gasteiger partial charge on any atom is 0.338 e. The molecular weight excluding hydrogens is 1610 g/mol. The van der Waals surface area contributed by atoms with Gasteiger partial charge in [-0.3, -0.25) is 24.4 Å². The Morgan fingerprint density at radius 3 is 1.08 bits per heavy atom. The molecule has 7 aromatic carbocycles. The second kappa shape index (κ2) is 30.2. The van der Waals surface area contributed by atoms with E-state index in [9.17, 15) is 67.1 Å². The van der Waals surface area contributed by atoms with Crippen molar-refractivity contribution in [3.63, 3.8) is 0 Å². The fourth-order valence-electron chi connectivity index (χ4n) is 13.6. The van der Waals surface area contributed by atoms with Crippen molar-refractivity contribution in [2.45, 2.75) is 108 Å². The van der Waals surface area contributed by atoms with Crippen molar-refractivity contribution in [3.8, 4) is 22.3 Å². The van der Waals surface area contributed by atoms with Crippen LogP contribution >= 0.6 is 31.9 Å². The Morgan fingerprint density at radius 2 is 0.745 bits per heavy atom. The Kier molecular flexibility index (Phi) is 21.6. The molecule has 28 heteroatoms. The molecule has 12 aromatic rings. The van der Waals surface area contributed by atoms with Crippen LogP contribution < -0.4 is 0 Å². The lowest BCUT2D eigenvalue weighted by molar-refractivity contribution is -0.156. The molecule has 0 amide bonds. The highest BCUT2D eigenvalue weighted by atomic mass is 79.9. The van der Waals surface area contributed by atoms with Crippen molar-refractivity contribution in [2.75, 3.05) is 0 Å². The SMILES string of the molecule is Cc1c(C2=CS(=O)(=O)c3cc(-c4ccncc4)ccc32)c2cc(F)ccc2n1CC(=O)O.Cc1c(C2=CS(=O)(=O)c3cc(-c4ccncc4)ccc32)c2cc(F)ccc2n1CC(=O)OC(C)(C)C.Cc1c(C2=CS(=O)(=O)c3cc(Br)ccc32)c2cc(F)ccc2n1CC(=O)OC(C)(C)C.O=C(O)c1ccc(Br)cc1F. The van der Waals surface area contributed by atoms with E-state index in [1.807, 2.05) is 24.3 Å². The maximum atomic E-state index is 14.4. The smallest absolute Gasteiger partial charge is 0.338 e. The summed E-state index contributed by atoms with van der Waals surface area (Å²) in [6, 6.07) is 39.2. The van der Waals surface area contributed by atoms with Gasteiger partial charge in [0.05, 0.1) is 20.2 Å². The molecule has 0 unspecified atom stereocenters. The van der Waals surface area contributed by atoms with Gasteiger partial charge in [0.15, 0.2) is 0 Å². The number of fused-ring (bicyclic) bond motifs is 6. The monoisotopic (exact) mass is 1680 g/mol. The van der Waals surface area contributed by atoms with Crippen LogP contribution in [-0.4, -0.2) is 94.2 Å². The van der Waals surface area contributed by atoms with E-state index in [1.165, 1.54) is 70.8 Å². The summed E-state index contributed by atoms with van der Waals surface area (Å²) >= 11 is 6.33. The summed E-state index contributed by atoms with van der Waals surface area (Å²) in [4.78, 5) is 55.4. The number of nitrogens with zero attached hydrogens (tertiary/aromatic N) is 5. The molecule has 19 nitrogen and oxygen atoms in total. The molecule has 3 aliphatic rings. The van der Waals surface area contributed by atoms with Gasteiger partial charge < -0.3 is 33.4 Å². The zero-order chi connectivity index (χ0) is 79.6. The van der Waals surface area contributed by atoms with E-state index in [2.05, 4.69) is 41.8 Å². The van der Waals surface area contributed by atoms with Crippen LogP contribution in [0, 0.1) is 44.0 Å². The molecule has 0 atom stereocenters. The van der Waals surface area contributed by atoms with Gasteiger partial charge in [-0.25, -0.2) is 47.6 Å². The van der Waals surface area contributed by atoms with Gasteiger partial charge in [-0.1, -0.05) is 62.2 Å². The number of pyridine rings is 2. The minimum Gasteiger partial charge on any atom is -0.480 e. The van der Waals surface area contributed by atoms with Crippen molar-refractivity contribution in [3.05, 3.63) is 281 Å². The molecular formula is C82H67Br2F4N5O14S3. The number of rotatable bonds is 12. The van der Waals surface area contributed by atoms with E-state index in [-0.39, 0.29) is 39.9 Å².